The first-order chi connectivity index (χ1) is 13.8. The third-order valence-electron chi connectivity index (χ3n) is 4.00. The van der Waals surface area contributed by atoms with E-state index in [0.717, 1.165) is 15.6 Å². The zero-order valence-corrected chi connectivity index (χ0v) is 17.2. The summed E-state index contributed by atoms with van der Waals surface area (Å²) in [4.78, 5) is 23.8. The molecular weight excluding hydrogens is 394 g/mol. The second-order valence-corrected chi connectivity index (χ2v) is 8.48. The summed E-state index contributed by atoms with van der Waals surface area (Å²) in [5.74, 6) is -0.310. The molecule has 9 heteroatoms. The quantitative estimate of drug-likeness (QED) is 0.475. The van der Waals surface area contributed by atoms with E-state index in [4.69, 9.17) is 4.74 Å². The normalized spacial score (nSPS) is 11.1. The van der Waals surface area contributed by atoms with E-state index in [1.165, 1.54) is 19.2 Å². The van der Waals surface area contributed by atoms with Crippen LogP contribution in [-0.2, 0) is 19.6 Å². The molecule has 2 N–H and O–H groups in total. The molecule has 156 valence electrons. The lowest BCUT2D eigenvalue weighted by molar-refractivity contribution is -0.129. The van der Waals surface area contributed by atoms with Gasteiger partial charge in [-0.25, -0.2) is 8.42 Å². The number of benzene rings is 2. The number of nitrogens with one attached hydrogen (secondary N) is 2. The Bertz CT molecular complexity index is 915. The molecule has 2 amide bonds. The van der Waals surface area contributed by atoms with Crippen LogP contribution >= 0.6 is 0 Å². The van der Waals surface area contributed by atoms with Gasteiger partial charge >= 0.3 is 0 Å². The molecule has 2 aromatic carbocycles. The SMILES string of the molecule is Cc1ccc(S(=O)(=O)N(C)CC(=O)NNC(=O)CCCOc2ccccc2)cc1. The number of sulfonamides is 1. The Morgan fingerprint density at radius 3 is 2.24 bits per heavy atom. The van der Waals surface area contributed by atoms with Gasteiger partial charge in [-0.3, -0.25) is 20.4 Å². The third kappa shape index (κ3) is 7.20. The average molecular weight is 420 g/mol. The first-order valence-corrected chi connectivity index (χ1v) is 10.5. The minimum atomic E-state index is -3.79. The third-order valence-corrected chi connectivity index (χ3v) is 5.81. The van der Waals surface area contributed by atoms with Gasteiger partial charge in [-0.05, 0) is 37.6 Å². The molecule has 0 saturated carbocycles. The summed E-state index contributed by atoms with van der Waals surface area (Å²) < 4.78 is 31.3. The molecule has 0 radical (unpaired) electrons. The van der Waals surface area contributed by atoms with Gasteiger partial charge in [0.05, 0.1) is 18.0 Å². The highest BCUT2D eigenvalue weighted by molar-refractivity contribution is 7.89. The van der Waals surface area contributed by atoms with Gasteiger partial charge in [0.25, 0.3) is 5.91 Å². The standard InChI is InChI=1S/C20H25N3O5S/c1-16-10-12-18(13-11-16)29(26,27)23(2)15-20(25)22-21-19(24)9-6-14-28-17-7-4-3-5-8-17/h3-5,7-8,10-13H,6,9,14-15H2,1-2H3,(H,21,24)(H,22,25). The minimum Gasteiger partial charge on any atom is -0.494 e. The second-order valence-electron chi connectivity index (χ2n) is 6.44. The molecule has 0 aliphatic rings. The molecule has 0 aliphatic heterocycles. The van der Waals surface area contributed by atoms with Crippen LogP contribution in [0.15, 0.2) is 59.5 Å². The van der Waals surface area contributed by atoms with Crippen molar-refractivity contribution in [2.75, 3.05) is 20.2 Å². The van der Waals surface area contributed by atoms with Crippen molar-refractivity contribution in [1.29, 1.82) is 0 Å². The van der Waals surface area contributed by atoms with Crippen LogP contribution in [-0.4, -0.2) is 44.7 Å². The van der Waals surface area contributed by atoms with E-state index in [0.29, 0.717) is 13.0 Å². The lowest BCUT2D eigenvalue weighted by Crippen LogP contribution is -2.46. The number of nitrogens with zero attached hydrogens (tertiary/aromatic N) is 1. The molecule has 2 aromatic rings. The zero-order chi connectivity index (χ0) is 21.3. The van der Waals surface area contributed by atoms with Gasteiger partial charge in [-0.1, -0.05) is 35.9 Å². The van der Waals surface area contributed by atoms with E-state index in [1.807, 2.05) is 37.3 Å². The maximum absolute atomic E-state index is 12.5. The number of hydrogen-bond acceptors (Lipinski definition) is 5. The molecule has 0 spiro atoms. The van der Waals surface area contributed by atoms with Gasteiger partial charge < -0.3 is 4.74 Å². The molecule has 0 bridgehead atoms. The Morgan fingerprint density at radius 2 is 1.59 bits per heavy atom. The number of rotatable bonds is 9. The smallest absolute Gasteiger partial charge is 0.253 e. The van der Waals surface area contributed by atoms with Gasteiger partial charge in [0.2, 0.25) is 15.9 Å². The molecule has 2 rings (SSSR count). The van der Waals surface area contributed by atoms with E-state index in [9.17, 15) is 18.0 Å². The number of para-hydroxylation sites is 1. The fourth-order valence-corrected chi connectivity index (χ4v) is 3.49. The number of hydrogen-bond donors (Lipinski definition) is 2. The van der Waals surface area contributed by atoms with Crippen molar-refractivity contribution in [3.05, 3.63) is 60.2 Å². The molecule has 29 heavy (non-hydrogen) atoms. The summed E-state index contributed by atoms with van der Waals surface area (Å²) in [6.45, 7) is 1.79. The number of amides is 2. The van der Waals surface area contributed by atoms with E-state index >= 15 is 0 Å². The summed E-state index contributed by atoms with van der Waals surface area (Å²) in [5.41, 5.74) is 5.42. The molecule has 0 fully saturated rings. The Kier molecular flexibility index (Phi) is 8.17. The Hall–Kier alpha value is -2.91. The second kappa shape index (κ2) is 10.6. The fraction of sp³-hybridized carbons (Fsp3) is 0.300. The van der Waals surface area contributed by atoms with Gasteiger partial charge in [-0.2, -0.15) is 4.31 Å². The highest BCUT2D eigenvalue weighted by Crippen LogP contribution is 2.14. The van der Waals surface area contributed by atoms with E-state index < -0.39 is 22.5 Å². The maximum Gasteiger partial charge on any atom is 0.253 e. The van der Waals surface area contributed by atoms with Crippen LogP contribution in [0.4, 0.5) is 0 Å². The fourth-order valence-electron chi connectivity index (χ4n) is 2.36. The van der Waals surface area contributed by atoms with Crippen molar-refractivity contribution in [3.63, 3.8) is 0 Å². The largest absolute Gasteiger partial charge is 0.494 e. The average Bonchev–Trinajstić information content (AvgIpc) is 2.70. The highest BCUT2D eigenvalue weighted by atomic mass is 32.2. The highest BCUT2D eigenvalue weighted by Gasteiger charge is 2.22. The van der Waals surface area contributed by atoms with Crippen LogP contribution in [0, 0.1) is 6.92 Å². The van der Waals surface area contributed by atoms with Crippen molar-refractivity contribution in [2.45, 2.75) is 24.7 Å². The van der Waals surface area contributed by atoms with Gasteiger partial charge in [-0.15, -0.1) is 0 Å². The number of carbonyl (C=O) groups is 2. The summed E-state index contributed by atoms with van der Waals surface area (Å²) in [6, 6.07) is 15.6. The predicted octanol–water partition coefficient (Wildman–Crippen LogP) is 1.62. The van der Waals surface area contributed by atoms with E-state index in [1.54, 1.807) is 12.1 Å². The molecule has 0 aromatic heterocycles. The Labute approximate surface area is 170 Å². The number of ether oxygens (including phenoxy) is 1. The molecule has 0 unspecified atom stereocenters. The van der Waals surface area contributed by atoms with Crippen molar-refractivity contribution in [3.8, 4) is 5.75 Å². The molecule has 0 atom stereocenters. The number of aryl methyl sites for hydroxylation is 1. The van der Waals surface area contributed by atoms with Crippen molar-refractivity contribution in [1.82, 2.24) is 15.2 Å². The van der Waals surface area contributed by atoms with Crippen LogP contribution in [0.5, 0.6) is 5.75 Å². The summed E-state index contributed by atoms with van der Waals surface area (Å²) in [5, 5.41) is 0. The van der Waals surface area contributed by atoms with Crippen molar-refractivity contribution < 1.29 is 22.7 Å². The Morgan fingerprint density at radius 1 is 0.966 bits per heavy atom. The predicted molar refractivity (Wildman–Crippen MR) is 108 cm³/mol. The topological polar surface area (TPSA) is 105 Å². The maximum atomic E-state index is 12.5. The molecule has 0 heterocycles. The van der Waals surface area contributed by atoms with Crippen LogP contribution in [0.25, 0.3) is 0 Å². The molecule has 8 nitrogen and oxygen atoms in total. The molecule has 0 saturated heterocycles. The van der Waals surface area contributed by atoms with Crippen LogP contribution in [0.1, 0.15) is 18.4 Å². The number of hydrazine groups is 1. The monoisotopic (exact) mass is 419 g/mol. The van der Waals surface area contributed by atoms with Crippen molar-refractivity contribution >= 4 is 21.8 Å². The lowest BCUT2D eigenvalue weighted by Gasteiger charge is -2.17. The molecule has 0 aliphatic carbocycles. The number of carbonyl (C=O) groups excluding carboxylic acids is 2. The first kappa shape index (κ1) is 22.4. The van der Waals surface area contributed by atoms with Gasteiger partial charge in [0.1, 0.15) is 5.75 Å². The van der Waals surface area contributed by atoms with E-state index in [2.05, 4.69) is 10.9 Å². The minimum absolute atomic E-state index is 0.0980. The summed E-state index contributed by atoms with van der Waals surface area (Å²) in [7, 11) is -2.49. The summed E-state index contributed by atoms with van der Waals surface area (Å²) >= 11 is 0. The van der Waals surface area contributed by atoms with Crippen LogP contribution in [0.2, 0.25) is 0 Å². The zero-order valence-electron chi connectivity index (χ0n) is 16.4. The lowest BCUT2D eigenvalue weighted by atomic mass is 10.2. The Balaban J connectivity index is 1.70. The van der Waals surface area contributed by atoms with E-state index in [-0.39, 0.29) is 17.2 Å². The molecular formula is C20H25N3O5S. The van der Waals surface area contributed by atoms with Crippen LogP contribution < -0.4 is 15.6 Å². The van der Waals surface area contributed by atoms with Crippen LogP contribution in [0.3, 0.4) is 0 Å². The number of likely N-dealkylation sites (N-methyl/N-ethyl adjacent to an activating group) is 1. The van der Waals surface area contributed by atoms with Gasteiger partial charge in [0.15, 0.2) is 0 Å². The van der Waals surface area contributed by atoms with Gasteiger partial charge in [0, 0.05) is 13.5 Å². The first-order valence-electron chi connectivity index (χ1n) is 9.07. The van der Waals surface area contributed by atoms with Crippen molar-refractivity contribution in [2.24, 2.45) is 0 Å². The summed E-state index contributed by atoms with van der Waals surface area (Å²) in [6.07, 6.45) is 0.628.